The smallest absolute Gasteiger partial charge is 0.125 e. The molecule has 0 aliphatic carbocycles. The number of ether oxygens (including phenoxy) is 1. The predicted molar refractivity (Wildman–Crippen MR) is 66.4 cm³/mol. The van der Waals surface area contributed by atoms with E-state index < -0.39 is 0 Å². The monoisotopic (exact) mass is 236 g/mol. The summed E-state index contributed by atoms with van der Waals surface area (Å²) >= 11 is 0. The first-order valence-electron chi connectivity index (χ1n) is 5.77. The van der Waals surface area contributed by atoms with Crippen LogP contribution in [0.25, 0.3) is 10.9 Å². The summed E-state index contributed by atoms with van der Waals surface area (Å²) < 4.78 is 20.6. The molecule has 0 aliphatic rings. The third-order valence-corrected chi connectivity index (χ3v) is 2.80. The number of rotatable bonds is 5. The molecule has 0 saturated heterocycles. The number of aromatic nitrogens is 1. The number of nitrogens with zero attached hydrogens (tertiary/aromatic N) is 1. The van der Waals surface area contributed by atoms with Crippen molar-refractivity contribution in [3.8, 4) is 0 Å². The van der Waals surface area contributed by atoms with E-state index in [0.717, 1.165) is 10.9 Å². The van der Waals surface area contributed by atoms with Crippen molar-refractivity contribution in [1.82, 2.24) is 4.57 Å². The van der Waals surface area contributed by atoms with E-state index in [4.69, 9.17) is 10.5 Å². The molecule has 1 unspecified atom stereocenters. The van der Waals surface area contributed by atoms with Crippen LogP contribution < -0.4 is 5.73 Å². The lowest BCUT2D eigenvalue weighted by Crippen LogP contribution is -2.21. The predicted octanol–water partition coefficient (Wildman–Crippen LogP) is 2.14. The Bertz CT molecular complexity index is 495. The zero-order valence-electron chi connectivity index (χ0n) is 9.90. The lowest BCUT2D eigenvalue weighted by Gasteiger charge is -2.11. The molecule has 1 aromatic carbocycles. The molecule has 2 aromatic rings. The minimum absolute atomic E-state index is 0.0635. The Balaban J connectivity index is 2.06. The Labute approximate surface area is 100.0 Å². The van der Waals surface area contributed by atoms with Gasteiger partial charge in [0.25, 0.3) is 0 Å². The lowest BCUT2D eigenvalue weighted by atomic mass is 10.2. The average Bonchev–Trinajstić information content (AvgIpc) is 2.72. The molecule has 3 nitrogen and oxygen atoms in total. The minimum Gasteiger partial charge on any atom is -0.375 e. The molecule has 92 valence electrons. The summed E-state index contributed by atoms with van der Waals surface area (Å²) in [5.41, 5.74) is 6.36. The molecule has 0 fully saturated rings. The zero-order chi connectivity index (χ0) is 12.3. The Morgan fingerprint density at radius 3 is 3.00 bits per heavy atom. The van der Waals surface area contributed by atoms with Crippen LogP contribution in [0.1, 0.15) is 6.92 Å². The first kappa shape index (κ1) is 12.1. The van der Waals surface area contributed by atoms with Gasteiger partial charge in [-0.3, -0.25) is 0 Å². The highest BCUT2D eigenvalue weighted by atomic mass is 19.1. The molecule has 17 heavy (non-hydrogen) atoms. The van der Waals surface area contributed by atoms with Crippen LogP contribution in [0.4, 0.5) is 4.39 Å². The van der Waals surface area contributed by atoms with Gasteiger partial charge in [0.05, 0.1) is 18.2 Å². The van der Waals surface area contributed by atoms with Crippen LogP contribution in [0.15, 0.2) is 30.5 Å². The van der Waals surface area contributed by atoms with Crippen LogP contribution in [0.3, 0.4) is 0 Å². The zero-order valence-corrected chi connectivity index (χ0v) is 9.90. The Hall–Kier alpha value is -1.39. The maximum absolute atomic E-state index is 13.1. The van der Waals surface area contributed by atoms with E-state index in [9.17, 15) is 4.39 Å². The van der Waals surface area contributed by atoms with Crippen molar-refractivity contribution in [3.63, 3.8) is 0 Å². The van der Waals surface area contributed by atoms with Gasteiger partial charge in [-0.25, -0.2) is 4.39 Å². The lowest BCUT2D eigenvalue weighted by molar-refractivity contribution is 0.0666. The highest BCUT2D eigenvalue weighted by molar-refractivity contribution is 5.80. The molecular weight excluding hydrogens is 219 g/mol. The number of nitrogens with two attached hydrogens (primary N) is 1. The second kappa shape index (κ2) is 5.29. The Morgan fingerprint density at radius 2 is 2.24 bits per heavy atom. The Kier molecular flexibility index (Phi) is 3.76. The normalized spacial score (nSPS) is 13.1. The molecule has 1 atom stereocenters. The van der Waals surface area contributed by atoms with Crippen molar-refractivity contribution in [2.75, 3.05) is 13.2 Å². The fraction of sp³-hybridized carbons (Fsp3) is 0.385. The van der Waals surface area contributed by atoms with Crippen molar-refractivity contribution in [3.05, 3.63) is 36.3 Å². The molecule has 0 radical (unpaired) electrons. The van der Waals surface area contributed by atoms with Crippen LogP contribution in [0, 0.1) is 5.82 Å². The van der Waals surface area contributed by atoms with Gasteiger partial charge in [0, 0.05) is 19.3 Å². The number of hydrogen-bond acceptors (Lipinski definition) is 2. The molecule has 2 rings (SSSR count). The van der Waals surface area contributed by atoms with E-state index in [1.807, 2.05) is 23.8 Å². The molecule has 1 aromatic heterocycles. The van der Waals surface area contributed by atoms with Gasteiger partial charge in [0.1, 0.15) is 5.82 Å². The molecule has 2 N–H and O–H groups in total. The maximum atomic E-state index is 13.1. The number of fused-ring (bicyclic) bond motifs is 1. The first-order valence-corrected chi connectivity index (χ1v) is 5.77. The molecule has 4 heteroatoms. The standard InChI is InChI=1S/C13H17FN2O/c1-10(9-15)17-7-6-16-5-4-11-2-3-12(14)8-13(11)16/h2-5,8,10H,6-7,9,15H2,1H3. The fourth-order valence-corrected chi connectivity index (χ4v) is 1.77. The number of halogens is 1. The molecule has 0 bridgehead atoms. The highest BCUT2D eigenvalue weighted by Gasteiger charge is 2.03. The van der Waals surface area contributed by atoms with Crippen molar-refractivity contribution in [2.45, 2.75) is 19.6 Å². The number of benzene rings is 1. The third-order valence-electron chi connectivity index (χ3n) is 2.80. The van der Waals surface area contributed by atoms with Gasteiger partial charge in [0.15, 0.2) is 0 Å². The summed E-state index contributed by atoms with van der Waals surface area (Å²) in [6.07, 6.45) is 2.01. The topological polar surface area (TPSA) is 40.2 Å². The first-order chi connectivity index (χ1) is 8.20. The van der Waals surface area contributed by atoms with E-state index in [1.54, 1.807) is 12.1 Å². The molecule has 0 saturated carbocycles. The van der Waals surface area contributed by atoms with E-state index in [0.29, 0.717) is 19.7 Å². The van der Waals surface area contributed by atoms with Crippen molar-refractivity contribution >= 4 is 10.9 Å². The summed E-state index contributed by atoms with van der Waals surface area (Å²) in [6, 6.07) is 6.77. The fourth-order valence-electron chi connectivity index (χ4n) is 1.77. The number of hydrogen-bond donors (Lipinski definition) is 1. The van der Waals surface area contributed by atoms with E-state index in [2.05, 4.69) is 0 Å². The minimum atomic E-state index is -0.214. The highest BCUT2D eigenvalue weighted by Crippen LogP contribution is 2.16. The molecule has 0 amide bonds. The summed E-state index contributed by atoms with van der Waals surface area (Å²) in [6.45, 7) is 3.74. The SMILES string of the molecule is CC(CN)OCCn1ccc2ccc(F)cc21. The van der Waals surface area contributed by atoms with Gasteiger partial charge in [-0.15, -0.1) is 0 Å². The van der Waals surface area contributed by atoms with Gasteiger partial charge in [-0.2, -0.15) is 0 Å². The third kappa shape index (κ3) is 2.84. The molecular formula is C13H17FN2O. The van der Waals surface area contributed by atoms with Crippen molar-refractivity contribution in [1.29, 1.82) is 0 Å². The van der Waals surface area contributed by atoms with E-state index >= 15 is 0 Å². The summed E-state index contributed by atoms with van der Waals surface area (Å²) in [5.74, 6) is -0.214. The van der Waals surface area contributed by atoms with E-state index in [1.165, 1.54) is 6.07 Å². The van der Waals surface area contributed by atoms with Crippen LogP contribution in [-0.4, -0.2) is 23.8 Å². The van der Waals surface area contributed by atoms with Gasteiger partial charge in [-0.1, -0.05) is 0 Å². The van der Waals surface area contributed by atoms with Crippen LogP contribution in [0.5, 0.6) is 0 Å². The van der Waals surface area contributed by atoms with Crippen LogP contribution in [0.2, 0.25) is 0 Å². The largest absolute Gasteiger partial charge is 0.375 e. The average molecular weight is 236 g/mol. The van der Waals surface area contributed by atoms with Gasteiger partial charge in [0.2, 0.25) is 0 Å². The summed E-state index contributed by atoms with van der Waals surface area (Å²) in [7, 11) is 0. The second-order valence-electron chi connectivity index (χ2n) is 4.13. The molecule has 0 spiro atoms. The quantitative estimate of drug-likeness (QED) is 0.864. The second-order valence-corrected chi connectivity index (χ2v) is 4.13. The summed E-state index contributed by atoms with van der Waals surface area (Å²) in [5, 5.41) is 1.04. The van der Waals surface area contributed by atoms with Crippen molar-refractivity contribution in [2.24, 2.45) is 5.73 Å². The van der Waals surface area contributed by atoms with Crippen LogP contribution >= 0.6 is 0 Å². The molecule has 0 aliphatic heterocycles. The van der Waals surface area contributed by atoms with Gasteiger partial charge >= 0.3 is 0 Å². The van der Waals surface area contributed by atoms with Crippen molar-refractivity contribution < 1.29 is 9.13 Å². The van der Waals surface area contributed by atoms with E-state index in [-0.39, 0.29) is 11.9 Å². The van der Waals surface area contributed by atoms with Gasteiger partial charge < -0.3 is 15.0 Å². The Morgan fingerprint density at radius 1 is 1.41 bits per heavy atom. The summed E-state index contributed by atoms with van der Waals surface area (Å²) in [4.78, 5) is 0. The van der Waals surface area contributed by atoms with Crippen LogP contribution in [-0.2, 0) is 11.3 Å². The molecule has 1 heterocycles. The van der Waals surface area contributed by atoms with Gasteiger partial charge in [-0.05, 0) is 36.6 Å². The maximum Gasteiger partial charge on any atom is 0.125 e.